The molecule has 0 unspecified atom stereocenters. The van der Waals surface area contributed by atoms with Gasteiger partial charge in [0.05, 0.1) is 5.69 Å². The second-order valence-corrected chi connectivity index (χ2v) is 8.07. The van der Waals surface area contributed by atoms with Gasteiger partial charge in [0.25, 0.3) is 5.91 Å². The highest BCUT2D eigenvalue weighted by Crippen LogP contribution is 2.22. The van der Waals surface area contributed by atoms with E-state index < -0.39 is 0 Å². The zero-order valence-corrected chi connectivity index (χ0v) is 18.8. The van der Waals surface area contributed by atoms with Gasteiger partial charge in [0.2, 0.25) is 0 Å². The maximum atomic E-state index is 13.0. The van der Waals surface area contributed by atoms with Gasteiger partial charge in [-0.15, -0.1) is 0 Å². The first-order valence-electron chi connectivity index (χ1n) is 10.8. The van der Waals surface area contributed by atoms with Crippen molar-refractivity contribution in [3.8, 4) is 17.1 Å². The SMILES string of the molecule is Cc1cc(C)n(-c2cc(N3CCN(C(=O)c4cc(-c5cccnc5)on4)CC3)nc(C)n2)n1. The van der Waals surface area contributed by atoms with Crippen molar-refractivity contribution in [1.29, 1.82) is 0 Å². The minimum Gasteiger partial charge on any atom is -0.355 e. The van der Waals surface area contributed by atoms with Gasteiger partial charge in [-0.05, 0) is 39.0 Å². The lowest BCUT2D eigenvalue weighted by Crippen LogP contribution is -2.49. The van der Waals surface area contributed by atoms with Gasteiger partial charge in [-0.3, -0.25) is 9.78 Å². The molecule has 0 aromatic carbocycles. The molecule has 10 heteroatoms. The van der Waals surface area contributed by atoms with Crippen LogP contribution >= 0.6 is 0 Å². The Morgan fingerprint density at radius 3 is 2.48 bits per heavy atom. The third-order valence-electron chi connectivity index (χ3n) is 5.60. The van der Waals surface area contributed by atoms with Gasteiger partial charge in [-0.2, -0.15) is 5.10 Å². The summed E-state index contributed by atoms with van der Waals surface area (Å²) in [6.45, 7) is 8.29. The maximum absolute atomic E-state index is 13.0. The smallest absolute Gasteiger partial charge is 0.276 e. The predicted octanol–water partition coefficient (Wildman–Crippen LogP) is 2.60. The van der Waals surface area contributed by atoms with E-state index in [0.29, 0.717) is 43.5 Å². The van der Waals surface area contributed by atoms with Crippen LogP contribution in [0.15, 0.2) is 47.2 Å². The van der Waals surface area contributed by atoms with E-state index in [0.717, 1.165) is 28.6 Å². The molecule has 168 valence electrons. The van der Waals surface area contributed by atoms with E-state index >= 15 is 0 Å². The van der Waals surface area contributed by atoms with Crippen molar-refractivity contribution in [3.63, 3.8) is 0 Å². The van der Waals surface area contributed by atoms with E-state index in [4.69, 9.17) is 4.52 Å². The average molecular weight is 444 g/mol. The van der Waals surface area contributed by atoms with Crippen LogP contribution in [0, 0.1) is 20.8 Å². The van der Waals surface area contributed by atoms with E-state index in [2.05, 4.69) is 30.1 Å². The molecule has 0 spiro atoms. The molecule has 1 aliphatic rings. The Bertz CT molecular complexity index is 1290. The Balaban J connectivity index is 1.28. The number of nitrogens with zero attached hydrogens (tertiary/aromatic N) is 8. The standard InChI is InChI=1S/C23H24N8O2/c1-15-11-16(2)31(27-15)22-13-21(25-17(3)26-22)29-7-9-30(10-8-29)23(32)19-12-20(33-28-19)18-5-4-6-24-14-18/h4-6,11-14H,7-10H2,1-3H3. The van der Waals surface area contributed by atoms with Crippen molar-refractivity contribution in [2.24, 2.45) is 0 Å². The number of carbonyl (C=O) groups is 1. The van der Waals surface area contributed by atoms with Crippen molar-refractivity contribution >= 4 is 11.7 Å². The molecule has 0 aliphatic carbocycles. The molecule has 5 rings (SSSR count). The van der Waals surface area contributed by atoms with Gasteiger partial charge < -0.3 is 14.3 Å². The normalized spacial score (nSPS) is 14.0. The number of hydrogen-bond donors (Lipinski definition) is 0. The number of aromatic nitrogens is 6. The van der Waals surface area contributed by atoms with Crippen LogP contribution in [0.1, 0.15) is 27.7 Å². The fraction of sp³-hybridized carbons (Fsp3) is 0.304. The van der Waals surface area contributed by atoms with Gasteiger partial charge in [0, 0.05) is 62.0 Å². The minimum absolute atomic E-state index is 0.143. The molecule has 1 aliphatic heterocycles. The fourth-order valence-electron chi connectivity index (χ4n) is 3.99. The average Bonchev–Trinajstić information content (AvgIpc) is 3.45. The maximum Gasteiger partial charge on any atom is 0.276 e. The van der Waals surface area contributed by atoms with Gasteiger partial charge in [0.15, 0.2) is 17.3 Å². The molecular weight excluding hydrogens is 420 g/mol. The Morgan fingerprint density at radius 2 is 1.79 bits per heavy atom. The second-order valence-electron chi connectivity index (χ2n) is 8.07. The molecule has 1 amide bonds. The predicted molar refractivity (Wildman–Crippen MR) is 121 cm³/mol. The monoisotopic (exact) mass is 444 g/mol. The molecular formula is C23H24N8O2. The Hall–Kier alpha value is -4.08. The third kappa shape index (κ3) is 4.19. The molecule has 0 bridgehead atoms. The molecule has 1 fully saturated rings. The summed E-state index contributed by atoms with van der Waals surface area (Å²) >= 11 is 0. The Morgan fingerprint density at radius 1 is 1.00 bits per heavy atom. The summed E-state index contributed by atoms with van der Waals surface area (Å²) in [6, 6.07) is 9.31. The Labute approximate surface area is 190 Å². The van der Waals surface area contributed by atoms with Crippen LogP contribution in [-0.2, 0) is 0 Å². The highest BCUT2D eigenvalue weighted by Gasteiger charge is 2.26. The lowest BCUT2D eigenvalue weighted by atomic mass is 10.2. The summed E-state index contributed by atoms with van der Waals surface area (Å²) in [5, 5.41) is 8.51. The van der Waals surface area contributed by atoms with Gasteiger partial charge in [-0.1, -0.05) is 5.16 Å². The number of aryl methyl sites for hydroxylation is 3. The zero-order valence-electron chi connectivity index (χ0n) is 18.8. The van der Waals surface area contributed by atoms with Crippen molar-refractivity contribution in [2.45, 2.75) is 20.8 Å². The van der Waals surface area contributed by atoms with E-state index in [1.54, 1.807) is 23.4 Å². The van der Waals surface area contributed by atoms with Crippen LogP contribution in [0.5, 0.6) is 0 Å². The summed E-state index contributed by atoms with van der Waals surface area (Å²) in [7, 11) is 0. The van der Waals surface area contributed by atoms with Crippen molar-refractivity contribution in [3.05, 3.63) is 65.6 Å². The summed E-state index contributed by atoms with van der Waals surface area (Å²) in [6.07, 6.45) is 3.36. The molecule has 33 heavy (non-hydrogen) atoms. The van der Waals surface area contributed by atoms with Gasteiger partial charge in [-0.25, -0.2) is 14.6 Å². The fourth-order valence-corrected chi connectivity index (χ4v) is 3.99. The lowest BCUT2D eigenvalue weighted by Gasteiger charge is -2.35. The van der Waals surface area contributed by atoms with Crippen LogP contribution in [0.4, 0.5) is 5.82 Å². The van der Waals surface area contributed by atoms with Crippen LogP contribution in [0.3, 0.4) is 0 Å². The highest BCUT2D eigenvalue weighted by atomic mass is 16.5. The number of amides is 1. The lowest BCUT2D eigenvalue weighted by molar-refractivity contribution is 0.0736. The molecule has 4 aromatic rings. The number of pyridine rings is 1. The van der Waals surface area contributed by atoms with Crippen molar-refractivity contribution in [1.82, 2.24) is 34.8 Å². The number of rotatable bonds is 4. The van der Waals surface area contributed by atoms with E-state index in [9.17, 15) is 4.79 Å². The molecule has 0 radical (unpaired) electrons. The van der Waals surface area contributed by atoms with Crippen LogP contribution in [-0.4, -0.2) is 66.9 Å². The number of piperazine rings is 1. The molecule has 1 saturated heterocycles. The second kappa shape index (κ2) is 8.45. The first-order valence-corrected chi connectivity index (χ1v) is 10.8. The molecule has 4 aromatic heterocycles. The highest BCUT2D eigenvalue weighted by molar-refractivity contribution is 5.93. The number of anilines is 1. The number of hydrogen-bond acceptors (Lipinski definition) is 8. The molecule has 5 heterocycles. The van der Waals surface area contributed by atoms with E-state index in [1.807, 2.05) is 49.7 Å². The van der Waals surface area contributed by atoms with Crippen LogP contribution in [0.2, 0.25) is 0 Å². The molecule has 0 N–H and O–H groups in total. The summed E-state index contributed by atoms with van der Waals surface area (Å²) in [5.41, 5.74) is 3.04. The number of carbonyl (C=O) groups excluding carboxylic acids is 1. The van der Waals surface area contributed by atoms with E-state index in [1.165, 1.54) is 0 Å². The first kappa shape index (κ1) is 20.8. The van der Waals surface area contributed by atoms with Gasteiger partial charge >= 0.3 is 0 Å². The minimum atomic E-state index is -0.143. The zero-order chi connectivity index (χ0) is 22.9. The molecule has 0 saturated carbocycles. The summed E-state index contributed by atoms with van der Waals surface area (Å²) in [5.74, 6) is 2.64. The first-order chi connectivity index (χ1) is 16.0. The Kier molecular flexibility index (Phi) is 5.33. The molecule has 10 nitrogen and oxygen atoms in total. The quantitative estimate of drug-likeness (QED) is 0.473. The third-order valence-corrected chi connectivity index (χ3v) is 5.60. The van der Waals surface area contributed by atoms with E-state index in [-0.39, 0.29) is 5.91 Å². The van der Waals surface area contributed by atoms with Crippen LogP contribution < -0.4 is 4.90 Å². The topological polar surface area (TPSA) is 106 Å². The van der Waals surface area contributed by atoms with Gasteiger partial charge in [0.1, 0.15) is 11.6 Å². The summed E-state index contributed by atoms with van der Waals surface area (Å²) in [4.78, 5) is 30.2. The molecule has 0 atom stereocenters. The largest absolute Gasteiger partial charge is 0.355 e. The van der Waals surface area contributed by atoms with Crippen molar-refractivity contribution < 1.29 is 9.32 Å². The summed E-state index contributed by atoms with van der Waals surface area (Å²) < 4.78 is 7.19. The van der Waals surface area contributed by atoms with Crippen molar-refractivity contribution in [2.75, 3.05) is 31.1 Å². The van der Waals surface area contributed by atoms with Crippen LogP contribution in [0.25, 0.3) is 17.1 Å².